The van der Waals surface area contributed by atoms with Crippen molar-refractivity contribution in [2.75, 3.05) is 37.7 Å². The molecule has 1 aromatic heterocycles. The van der Waals surface area contributed by atoms with E-state index in [1.807, 2.05) is 36.9 Å². The predicted octanol–water partition coefficient (Wildman–Crippen LogP) is 3.69. The average Bonchev–Trinajstić information content (AvgIpc) is 2.85. The summed E-state index contributed by atoms with van der Waals surface area (Å²) in [5.74, 6) is 0.619. The van der Waals surface area contributed by atoms with Crippen LogP contribution < -0.4 is 4.90 Å². The number of aliphatic hydroxyl groups is 1. The van der Waals surface area contributed by atoms with Crippen molar-refractivity contribution >= 4 is 18.1 Å². The minimum Gasteiger partial charge on any atom is -0.449 e. The molecule has 10 nitrogen and oxygen atoms in total. The van der Waals surface area contributed by atoms with Crippen LogP contribution in [0.5, 0.6) is 0 Å². The van der Waals surface area contributed by atoms with Crippen LogP contribution in [0.15, 0.2) is 42.7 Å². The predicted molar refractivity (Wildman–Crippen MR) is 140 cm³/mol. The Morgan fingerprint density at radius 2 is 1.76 bits per heavy atom. The Balaban J connectivity index is 1.67. The first kappa shape index (κ1) is 28.3. The first-order chi connectivity index (χ1) is 17.6. The maximum atomic E-state index is 12.7. The maximum Gasteiger partial charge on any atom is 0.420 e. The Labute approximate surface area is 219 Å². The lowest BCUT2D eigenvalue weighted by molar-refractivity contribution is 0.0189. The molecule has 0 spiro atoms. The molecule has 0 bridgehead atoms. The molecule has 1 aromatic carbocycles. The van der Waals surface area contributed by atoms with Gasteiger partial charge in [0.05, 0.1) is 25.8 Å². The molecule has 0 saturated carbocycles. The third-order valence-corrected chi connectivity index (χ3v) is 5.69. The van der Waals surface area contributed by atoms with Crippen LogP contribution in [-0.2, 0) is 22.6 Å². The molecule has 37 heavy (non-hydrogen) atoms. The van der Waals surface area contributed by atoms with Crippen molar-refractivity contribution < 1.29 is 24.2 Å². The monoisotopic (exact) mass is 513 g/mol. The van der Waals surface area contributed by atoms with Gasteiger partial charge in [-0.1, -0.05) is 44.2 Å². The fourth-order valence-corrected chi connectivity index (χ4v) is 3.92. The Kier molecular flexibility index (Phi) is 9.82. The van der Waals surface area contributed by atoms with Crippen LogP contribution in [0.3, 0.4) is 0 Å². The largest absolute Gasteiger partial charge is 0.449 e. The fraction of sp³-hybridized carbons (Fsp3) is 0.556. The van der Waals surface area contributed by atoms with Crippen molar-refractivity contribution in [1.82, 2.24) is 19.8 Å². The number of imide groups is 1. The number of carbonyl (C=O) groups excluding carboxylic acids is 2. The van der Waals surface area contributed by atoms with Gasteiger partial charge in [0.1, 0.15) is 5.60 Å². The molecule has 0 aliphatic carbocycles. The van der Waals surface area contributed by atoms with Crippen molar-refractivity contribution in [3.63, 3.8) is 0 Å². The number of amides is 2. The van der Waals surface area contributed by atoms with Gasteiger partial charge in [-0.05, 0) is 32.3 Å². The normalized spacial score (nSPS) is 16.5. The number of hydrogen-bond acceptors (Lipinski definition) is 9. The summed E-state index contributed by atoms with van der Waals surface area (Å²) >= 11 is 0. The second kappa shape index (κ2) is 12.8. The second-order valence-corrected chi connectivity index (χ2v) is 10.7. The lowest BCUT2D eigenvalue weighted by atomic mass is 10.1. The van der Waals surface area contributed by atoms with Crippen molar-refractivity contribution in [2.45, 2.75) is 59.4 Å². The number of piperazine rings is 1. The van der Waals surface area contributed by atoms with E-state index in [1.165, 1.54) is 5.56 Å². The quantitative estimate of drug-likeness (QED) is 0.565. The highest BCUT2D eigenvalue weighted by atomic mass is 16.6. The van der Waals surface area contributed by atoms with Gasteiger partial charge < -0.3 is 19.5 Å². The second-order valence-electron chi connectivity index (χ2n) is 10.7. The number of anilines is 1. The van der Waals surface area contributed by atoms with E-state index in [1.54, 1.807) is 33.2 Å². The summed E-state index contributed by atoms with van der Waals surface area (Å²) in [6, 6.07) is 10.1. The number of rotatable bonds is 8. The van der Waals surface area contributed by atoms with Gasteiger partial charge in [-0.3, -0.25) is 4.90 Å². The summed E-state index contributed by atoms with van der Waals surface area (Å²) in [6.07, 6.45) is 1.60. The standard InChI is InChI=1S/C27H39N5O5/c1-20(2)19-36-25(34)32(26(35)37-27(3,4)5)16-22-13-28-24(29-14-22)31-12-11-30(17-23(31)18-33)15-21-9-7-6-8-10-21/h6-10,13-14,20,23,33H,11-12,15-19H2,1-5H3. The molecule has 1 aliphatic heterocycles. The third-order valence-electron chi connectivity index (χ3n) is 5.69. The summed E-state index contributed by atoms with van der Waals surface area (Å²) in [4.78, 5) is 39.6. The molecule has 1 unspecified atom stereocenters. The van der Waals surface area contributed by atoms with Gasteiger partial charge in [0.15, 0.2) is 0 Å². The van der Waals surface area contributed by atoms with Crippen LogP contribution >= 0.6 is 0 Å². The molecule has 2 aromatic rings. The van der Waals surface area contributed by atoms with Gasteiger partial charge in [-0.15, -0.1) is 0 Å². The van der Waals surface area contributed by atoms with Crippen LogP contribution in [0.4, 0.5) is 15.5 Å². The smallest absolute Gasteiger partial charge is 0.420 e. The zero-order chi connectivity index (χ0) is 27.0. The summed E-state index contributed by atoms with van der Waals surface area (Å²) < 4.78 is 10.7. The number of aliphatic hydroxyl groups excluding tert-OH is 1. The van der Waals surface area contributed by atoms with E-state index in [4.69, 9.17) is 9.47 Å². The molecule has 0 radical (unpaired) electrons. The van der Waals surface area contributed by atoms with E-state index in [2.05, 4.69) is 27.0 Å². The SMILES string of the molecule is CC(C)COC(=O)N(Cc1cnc(N2CCN(Cc3ccccc3)CC2CO)nc1)C(=O)OC(C)(C)C. The molecule has 1 N–H and O–H groups in total. The van der Waals surface area contributed by atoms with Gasteiger partial charge >= 0.3 is 12.2 Å². The Morgan fingerprint density at radius 3 is 2.35 bits per heavy atom. The Morgan fingerprint density at radius 1 is 1.08 bits per heavy atom. The molecule has 1 fully saturated rings. The molecule has 202 valence electrons. The van der Waals surface area contributed by atoms with E-state index in [9.17, 15) is 14.7 Å². The lowest BCUT2D eigenvalue weighted by Crippen LogP contribution is -2.55. The number of benzene rings is 1. The number of nitrogens with zero attached hydrogens (tertiary/aromatic N) is 5. The van der Waals surface area contributed by atoms with Crippen LogP contribution in [0.2, 0.25) is 0 Å². The molecule has 1 saturated heterocycles. The lowest BCUT2D eigenvalue weighted by Gasteiger charge is -2.40. The van der Waals surface area contributed by atoms with Crippen LogP contribution in [-0.4, -0.2) is 81.6 Å². The van der Waals surface area contributed by atoms with Gasteiger partial charge in [0.2, 0.25) is 5.95 Å². The van der Waals surface area contributed by atoms with Crippen molar-refractivity contribution in [2.24, 2.45) is 5.92 Å². The van der Waals surface area contributed by atoms with Crippen molar-refractivity contribution in [3.8, 4) is 0 Å². The number of carbonyl (C=O) groups is 2. The summed E-state index contributed by atoms with van der Waals surface area (Å²) in [6.45, 7) is 12.1. The minimum atomic E-state index is -0.791. The van der Waals surface area contributed by atoms with E-state index in [-0.39, 0.29) is 31.7 Å². The Hall–Kier alpha value is -3.24. The zero-order valence-electron chi connectivity index (χ0n) is 22.5. The van der Waals surface area contributed by atoms with Gasteiger partial charge in [0.25, 0.3) is 0 Å². The van der Waals surface area contributed by atoms with Crippen LogP contribution in [0.25, 0.3) is 0 Å². The topological polar surface area (TPSA) is 108 Å². The first-order valence-corrected chi connectivity index (χ1v) is 12.7. The van der Waals surface area contributed by atoms with E-state index in [0.717, 1.165) is 18.0 Å². The van der Waals surface area contributed by atoms with E-state index >= 15 is 0 Å². The zero-order valence-corrected chi connectivity index (χ0v) is 22.5. The molecule has 2 amide bonds. The van der Waals surface area contributed by atoms with E-state index < -0.39 is 17.8 Å². The van der Waals surface area contributed by atoms with Crippen LogP contribution in [0, 0.1) is 5.92 Å². The van der Waals surface area contributed by atoms with Gasteiger partial charge in [-0.25, -0.2) is 24.5 Å². The molecule has 3 rings (SSSR count). The highest BCUT2D eigenvalue weighted by Crippen LogP contribution is 2.19. The molecule has 2 heterocycles. The highest BCUT2D eigenvalue weighted by Gasteiger charge is 2.30. The highest BCUT2D eigenvalue weighted by molar-refractivity contribution is 5.87. The summed E-state index contributed by atoms with van der Waals surface area (Å²) in [5, 5.41) is 10.1. The van der Waals surface area contributed by atoms with Crippen LogP contribution in [0.1, 0.15) is 45.7 Å². The maximum absolute atomic E-state index is 12.7. The third kappa shape index (κ3) is 8.68. The summed E-state index contributed by atoms with van der Waals surface area (Å²) in [7, 11) is 0. The molecule has 1 aliphatic rings. The Bertz CT molecular complexity index is 1010. The summed E-state index contributed by atoms with van der Waals surface area (Å²) in [5.41, 5.74) is 1.02. The minimum absolute atomic E-state index is 0.0233. The molecule has 10 heteroatoms. The van der Waals surface area contributed by atoms with Gasteiger partial charge in [0, 0.05) is 44.1 Å². The van der Waals surface area contributed by atoms with E-state index in [0.29, 0.717) is 24.6 Å². The van der Waals surface area contributed by atoms with Crippen molar-refractivity contribution in [1.29, 1.82) is 0 Å². The van der Waals surface area contributed by atoms with Gasteiger partial charge in [-0.2, -0.15) is 0 Å². The first-order valence-electron chi connectivity index (χ1n) is 12.7. The average molecular weight is 514 g/mol. The molecular weight excluding hydrogens is 474 g/mol. The fourth-order valence-electron chi connectivity index (χ4n) is 3.92. The molecular formula is C27H39N5O5. The molecule has 1 atom stereocenters. The number of aromatic nitrogens is 2. The number of hydrogen-bond donors (Lipinski definition) is 1. The van der Waals surface area contributed by atoms with Crippen molar-refractivity contribution in [3.05, 3.63) is 53.9 Å². The number of ether oxygens (including phenoxy) is 2.